The number of aryl methyl sites for hydroxylation is 2. The van der Waals surface area contributed by atoms with Gasteiger partial charge < -0.3 is 9.80 Å². The van der Waals surface area contributed by atoms with Crippen LogP contribution in [0.15, 0.2) is 36.9 Å². The zero-order chi connectivity index (χ0) is 18.8. The van der Waals surface area contributed by atoms with E-state index in [0.717, 1.165) is 42.0 Å². The third-order valence-electron chi connectivity index (χ3n) is 5.04. The van der Waals surface area contributed by atoms with Crippen LogP contribution in [0, 0.1) is 13.8 Å². The molecular formula is C20H24N4O2. The van der Waals surface area contributed by atoms with Crippen molar-refractivity contribution in [3.05, 3.63) is 59.4 Å². The van der Waals surface area contributed by atoms with Crippen LogP contribution in [0.2, 0.25) is 0 Å². The Balaban J connectivity index is 1.82. The van der Waals surface area contributed by atoms with Crippen LogP contribution in [-0.2, 0) is 4.79 Å². The van der Waals surface area contributed by atoms with Crippen LogP contribution >= 0.6 is 0 Å². The third-order valence-corrected chi connectivity index (χ3v) is 5.04. The number of aromatic amines is 1. The molecule has 2 heterocycles. The van der Waals surface area contributed by atoms with Gasteiger partial charge in [-0.2, -0.15) is 5.10 Å². The van der Waals surface area contributed by atoms with E-state index in [2.05, 4.69) is 16.8 Å². The Kier molecular flexibility index (Phi) is 4.93. The fourth-order valence-electron chi connectivity index (χ4n) is 3.62. The largest absolute Gasteiger partial charge is 0.331 e. The highest BCUT2D eigenvalue weighted by molar-refractivity contribution is 6.01. The average Bonchev–Trinajstić information content (AvgIpc) is 3.26. The number of anilines is 1. The van der Waals surface area contributed by atoms with Gasteiger partial charge in [0.15, 0.2) is 0 Å². The van der Waals surface area contributed by atoms with E-state index in [1.54, 1.807) is 31.3 Å². The number of carbonyl (C=O) groups excluding carboxylic acids is 2. The zero-order valence-corrected chi connectivity index (χ0v) is 15.5. The number of nitrogens with one attached hydrogen (secondary N) is 1. The summed E-state index contributed by atoms with van der Waals surface area (Å²) in [6.45, 7) is 8.20. The normalized spacial score (nSPS) is 16.6. The Hall–Kier alpha value is -2.89. The van der Waals surface area contributed by atoms with E-state index in [1.807, 2.05) is 18.7 Å². The van der Waals surface area contributed by atoms with Crippen molar-refractivity contribution in [3.8, 4) is 0 Å². The van der Waals surface area contributed by atoms with Crippen LogP contribution in [-0.4, -0.2) is 40.5 Å². The molecule has 0 spiro atoms. The Bertz CT molecular complexity index is 818. The molecule has 0 saturated carbocycles. The van der Waals surface area contributed by atoms with E-state index >= 15 is 0 Å². The summed E-state index contributed by atoms with van der Waals surface area (Å²) in [4.78, 5) is 28.2. The Morgan fingerprint density at radius 1 is 1.31 bits per heavy atom. The van der Waals surface area contributed by atoms with E-state index in [4.69, 9.17) is 0 Å². The number of aromatic nitrogens is 2. The van der Waals surface area contributed by atoms with Gasteiger partial charge in [0, 0.05) is 36.1 Å². The van der Waals surface area contributed by atoms with Gasteiger partial charge in [0.1, 0.15) is 0 Å². The molecule has 6 heteroatoms. The Morgan fingerprint density at radius 3 is 2.58 bits per heavy atom. The molecule has 1 saturated heterocycles. The second-order valence-electron chi connectivity index (χ2n) is 6.65. The smallest absolute Gasteiger partial charge is 0.254 e. The number of H-pyrrole nitrogens is 1. The number of likely N-dealkylation sites (N-methyl/N-ethyl adjacent to an activating group) is 1. The van der Waals surface area contributed by atoms with Crippen molar-refractivity contribution in [3.63, 3.8) is 0 Å². The van der Waals surface area contributed by atoms with Crippen molar-refractivity contribution >= 4 is 17.5 Å². The summed E-state index contributed by atoms with van der Waals surface area (Å²) in [5.41, 5.74) is 4.45. The predicted octanol–water partition coefficient (Wildman–Crippen LogP) is 3.15. The van der Waals surface area contributed by atoms with E-state index in [-0.39, 0.29) is 17.9 Å². The average molecular weight is 352 g/mol. The Morgan fingerprint density at radius 2 is 2.00 bits per heavy atom. The van der Waals surface area contributed by atoms with Gasteiger partial charge in [-0.1, -0.05) is 6.58 Å². The highest BCUT2D eigenvalue weighted by atomic mass is 16.2. The molecule has 3 rings (SSSR count). The van der Waals surface area contributed by atoms with Crippen molar-refractivity contribution in [1.29, 1.82) is 0 Å². The van der Waals surface area contributed by atoms with E-state index in [1.165, 1.54) is 11.0 Å². The fraction of sp³-hybridized carbons (Fsp3) is 0.350. The quantitative estimate of drug-likeness (QED) is 0.860. The molecule has 136 valence electrons. The molecule has 0 aliphatic carbocycles. The number of amides is 2. The van der Waals surface area contributed by atoms with Gasteiger partial charge in [-0.05, 0) is 57.0 Å². The number of rotatable bonds is 4. The van der Waals surface area contributed by atoms with Gasteiger partial charge in [0.2, 0.25) is 5.91 Å². The van der Waals surface area contributed by atoms with Crippen LogP contribution in [0.25, 0.3) is 0 Å². The minimum Gasteiger partial charge on any atom is -0.331 e. The summed E-state index contributed by atoms with van der Waals surface area (Å²) in [5.74, 6) is -0.175. The fourth-order valence-corrected chi connectivity index (χ4v) is 3.62. The van der Waals surface area contributed by atoms with Gasteiger partial charge >= 0.3 is 0 Å². The second kappa shape index (κ2) is 7.15. The number of nitrogens with zero attached hydrogens (tertiary/aromatic N) is 3. The minimum atomic E-state index is -0.186. The molecule has 2 amide bonds. The van der Waals surface area contributed by atoms with Crippen molar-refractivity contribution in [1.82, 2.24) is 15.1 Å². The second-order valence-corrected chi connectivity index (χ2v) is 6.65. The summed E-state index contributed by atoms with van der Waals surface area (Å²) in [5, 5.41) is 7.29. The summed E-state index contributed by atoms with van der Waals surface area (Å²) in [7, 11) is 1.68. The lowest BCUT2D eigenvalue weighted by atomic mass is 10.0. The summed E-state index contributed by atoms with van der Waals surface area (Å²) in [6.07, 6.45) is 3.19. The molecule has 1 fully saturated rings. The van der Waals surface area contributed by atoms with Gasteiger partial charge in [0.25, 0.3) is 5.91 Å². The monoisotopic (exact) mass is 352 g/mol. The molecule has 1 aliphatic heterocycles. The highest BCUT2D eigenvalue weighted by Crippen LogP contribution is 2.35. The molecule has 1 aromatic heterocycles. The summed E-state index contributed by atoms with van der Waals surface area (Å²) in [6, 6.07) is 7.18. The number of carbonyl (C=O) groups is 2. The van der Waals surface area contributed by atoms with Crippen LogP contribution in [0.4, 0.5) is 5.69 Å². The van der Waals surface area contributed by atoms with Crippen LogP contribution in [0.1, 0.15) is 46.2 Å². The van der Waals surface area contributed by atoms with Gasteiger partial charge in [0.05, 0.1) is 11.7 Å². The Labute approximate surface area is 153 Å². The third kappa shape index (κ3) is 3.14. The van der Waals surface area contributed by atoms with E-state index in [0.29, 0.717) is 5.56 Å². The predicted molar refractivity (Wildman–Crippen MR) is 101 cm³/mol. The first-order chi connectivity index (χ1) is 12.4. The molecular weight excluding hydrogens is 328 g/mol. The summed E-state index contributed by atoms with van der Waals surface area (Å²) >= 11 is 0. The van der Waals surface area contributed by atoms with Crippen molar-refractivity contribution in [2.45, 2.75) is 32.7 Å². The first-order valence-electron chi connectivity index (χ1n) is 8.76. The molecule has 0 radical (unpaired) electrons. The highest BCUT2D eigenvalue weighted by Gasteiger charge is 2.33. The molecule has 2 aromatic rings. The molecule has 0 bridgehead atoms. The van der Waals surface area contributed by atoms with E-state index in [9.17, 15) is 9.59 Å². The van der Waals surface area contributed by atoms with E-state index < -0.39 is 0 Å². The van der Waals surface area contributed by atoms with Crippen molar-refractivity contribution < 1.29 is 9.59 Å². The van der Waals surface area contributed by atoms with Crippen molar-refractivity contribution in [2.24, 2.45) is 0 Å². The number of benzene rings is 1. The zero-order valence-electron chi connectivity index (χ0n) is 15.5. The summed E-state index contributed by atoms with van der Waals surface area (Å²) < 4.78 is 0. The lowest BCUT2D eigenvalue weighted by Gasteiger charge is -2.25. The molecule has 1 aromatic carbocycles. The van der Waals surface area contributed by atoms with Gasteiger partial charge in [-0.25, -0.2) is 0 Å². The first-order valence-corrected chi connectivity index (χ1v) is 8.76. The topological polar surface area (TPSA) is 69.3 Å². The molecule has 6 nitrogen and oxygen atoms in total. The number of likely N-dealkylation sites (tertiary alicyclic amines) is 1. The van der Waals surface area contributed by atoms with Crippen molar-refractivity contribution in [2.75, 3.05) is 18.5 Å². The molecule has 1 aliphatic rings. The van der Waals surface area contributed by atoms with Gasteiger partial charge in [-0.15, -0.1) is 0 Å². The maximum Gasteiger partial charge on any atom is 0.254 e. The van der Waals surface area contributed by atoms with Gasteiger partial charge in [-0.3, -0.25) is 14.7 Å². The van der Waals surface area contributed by atoms with Crippen LogP contribution < -0.4 is 4.90 Å². The maximum absolute atomic E-state index is 13.0. The molecule has 1 unspecified atom stereocenters. The SMILES string of the molecule is C=CC(=O)N(C)c1ccc(C(=O)N2CCCC2c2c(C)n[nH]c2C)cc1. The van der Waals surface area contributed by atoms with Crippen LogP contribution in [0.5, 0.6) is 0 Å². The standard InChI is InChI=1S/C20H24N4O2/c1-5-18(25)23(4)16-10-8-15(9-11-16)20(26)24-12-6-7-17(24)19-13(2)21-22-14(19)3/h5,8-11,17H,1,6-7,12H2,2-4H3,(H,21,22). The molecule has 1 atom stereocenters. The molecule has 1 N–H and O–H groups in total. The lowest BCUT2D eigenvalue weighted by molar-refractivity contribution is -0.113. The van der Waals surface area contributed by atoms with Crippen LogP contribution in [0.3, 0.4) is 0 Å². The maximum atomic E-state index is 13.0. The lowest BCUT2D eigenvalue weighted by Crippen LogP contribution is -2.31. The number of hydrogen-bond donors (Lipinski definition) is 1. The first kappa shape index (κ1) is 17.9. The number of hydrogen-bond acceptors (Lipinski definition) is 3. The molecule has 26 heavy (non-hydrogen) atoms. The minimum absolute atomic E-state index is 0.0109.